The van der Waals surface area contributed by atoms with Gasteiger partial charge in [0.2, 0.25) is 0 Å². The van der Waals surface area contributed by atoms with Crippen LogP contribution in [0.3, 0.4) is 0 Å². The summed E-state index contributed by atoms with van der Waals surface area (Å²) in [4.78, 5) is 2.67. The first-order valence-corrected chi connectivity index (χ1v) is 12.4. The highest BCUT2D eigenvalue weighted by Crippen LogP contribution is 2.26. The summed E-state index contributed by atoms with van der Waals surface area (Å²) in [5.41, 5.74) is 2.60. The van der Waals surface area contributed by atoms with Gasteiger partial charge < -0.3 is 0 Å². The van der Waals surface area contributed by atoms with Crippen molar-refractivity contribution in [3.8, 4) is 0 Å². The SMILES string of the molecule is O=S(=O)(Nc1ccc(F)cc1)c1ccc2c(c1)CCN(CCCC1C=CC(Cl)=CC1)C2. The first-order chi connectivity index (χ1) is 14.9. The molecule has 1 unspecified atom stereocenters. The first-order valence-electron chi connectivity index (χ1n) is 10.6. The van der Waals surface area contributed by atoms with Crippen molar-refractivity contribution in [2.75, 3.05) is 17.8 Å². The van der Waals surface area contributed by atoms with E-state index in [1.807, 2.05) is 12.1 Å². The molecule has 164 valence electrons. The van der Waals surface area contributed by atoms with Crippen LogP contribution in [-0.2, 0) is 23.0 Å². The van der Waals surface area contributed by atoms with Gasteiger partial charge in [0.25, 0.3) is 10.0 Å². The Bertz CT molecular complexity index is 1100. The first kappa shape index (κ1) is 22.1. The summed E-state index contributed by atoms with van der Waals surface area (Å²) in [6.45, 7) is 2.80. The molecule has 4 nitrogen and oxygen atoms in total. The molecule has 2 aromatic carbocycles. The van der Waals surface area contributed by atoms with Gasteiger partial charge in [0.15, 0.2) is 0 Å². The second-order valence-electron chi connectivity index (χ2n) is 8.16. The van der Waals surface area contributed by atoms with E-state index in [9.17, 15) is 12.8 Å². The molecule has 1 heterocycles. The number of allylic oxidation sites excluding steroid dienone is 4. The second kappa shape index (κ2) is 9.55. The fraction of sp³-hybridized carbons (Fsp3) is 0.333. The lowest BCUT2D eigenvalue weighted by molar-refractivity contribution is 0.245. The van der Waals surface area contributed by atoms with Gasteiger partial charge in [-0.25, -0.2) is 12.8 Å². The van der Waals surface area contributed by atoms with Crippen LogP contribution in [0.2, 0.25) is 0 Å². The lowest BCUT2D eigenvalue weighted by Gasteiger charge is -2.29. The Morgan fingerprint density at radius 3 is 2.68 bits per heavy atom. The molecule has 2 aliphatic rings. The molecule has 0 bridgehead atoms. The third-order valence-electron chi connectivity index (χ3n) is 5.87. The Balaban J connectivity index is 1.34. The molecule has 31 heavy (non-hydrogen) atoms. The Labute approximate surface area is 188 Å². The number of rotatable bonds is 7. The predicted octanol–water partition coefficient (Wildman–Crippen LogP) is 5.46. The summed E-state index contributed by atoms with van der Waals surface area (Å²) in [6.07, 6.45) is 10.4. The van der Waals surface area contributed by atoms with Crippen LogP contribution >= 0.6 is 11.6 Å². The van der Waals surface area contributed by atoms with E-state index in [0.717, 1.165) is 55.9 Å². The molecule has 7 heteroatoms. The van der Waals surface area contributed by atoms with E-state index in [-0.39, 0.29) is 4.90 Å². The van der Waals surface area contributed by atoms with Crippen LogP contribution in [-0.4, -0.2) is 26.4 Å². The molecule has 0 aromatic heterocycles. The zero-order valence-corrected chi connectivity index (χ0v) is 18.8. The van der Waals surface area contributed by atoms with E-state index in [1.54, 1.807) is 12.1 Å². The standard InChI is InChI=1S/C24H26ClFN2O2S/c25-21-6-3-18(4-7-21)2-1-14-28-15-13-19-16-24(12-5-20(19)17-28)31(29,30)27-23-10-8-22(26)9-11-23/h3,5-12,16,18,27H,1-2,4,13-15,17H2. The number of benzene rings is 2. The molecule has 0 spiro atoms. The molecule has 4 rings (SSSR count). The number of nitrogens with one attached hydrogen (secondary N) is 1. The molecule has 0 saturated carbocycles. The number of anilines is 1. The van der Waals surface area contributed by atoms with Gasteiger partial charge in [-0.1, -0.05) is 29.8 Å². The summed E-state index contributed by atoms with van der Waals surface area (Å²) in [5, 5.41) is 0.832. The molecule has 1 N–H and O–H groups in total. The highest BCUT2D eigenvalue weighted by Gasteiger charge is 2.21. The van der Waals surface area contributed by atoms with Gasteiger partial charge in [0, 0.05) is 23.8 Å². The van der Waals surface area contributed by atoms with Gasteiger partial charge in [0.05, 0.1) is 4.90 Å². The Morgan fingerprint density at radius 1 is 1.13 bits per heavy atom. The number of hydrogen-bond donors (Lipinski definition) is 1. The van der Waals surface area contributed by atoms with E-state index in [4.69, 9.17) is 11.6 Å². The molecular formula is C24H26ClFN2O2S. The van der Waals surface area contributed by atoms with Crippen LogP contribution in [0, 0.1) is 11.7 Å². The van der Waals surface area contributed by atoms with Crippen molar-refractivity contribution >= 4 is 27.3 Å². The molecule has 1 atom stereocenters. The topological polar surface area (TPSA) is 49.4 Å². The number of sulfonamides is 1. The summed E-state index contributed by atoms with van der Waals surface area (Å²) in [7, 11) is -3.71. The fourth-order valence-corrected chi connectivity index (χ4v) is 5.38. The van der Waals surface area contributed by atoms with Crippen LogP contribution in [0.5, 0.6) is 0 Å². The average Bonchev–Trinajstić information content (AvgIpc) is 2.76. The van der Waals surface area contributed by atoms with Gasteiger partial charge >= 0.3 is 0 Å². The van der Waals surface area contributed by atoms with Crippen LogP contribution < -0.4 is 4.72 Å². The minimum atomic E-state index is -3.71. The number of fused-ring (bicyclic) bond motifs is 1. The number of nitrogens with zero attached hydrogens (tertiary/aromatic N) is 1. The normalized spacial score (nSPS) is 19.0. The van der Waals surface area contributed by atoms with Crippen molar-refractivity contribution < 1.29 is 12.8 Å². The van der Waals surface area contributed by atoms with Crippen LogP contribution in [0.1, 0.15) is 30.4 Å². The zero-order chi connectivity index (χ0) is 21.8. The summed E-state index contributed by atoms with van der Waals surface area (Å²) in [6, 6.07) is 10.6. The maximum atomic E-state index is 13.1. The Morgan fingerprint density at radius 2 is 1.94 bits per heavy atom. The van der Waals surface area contributed by atoms with Gasteiger partial charge in [0.1, 0.15) is 5.82 Å². The Kier molecular flexibility index (Phi) is 6.80. The van der Waals surface area contributed by atoms with E-state index in [2.05, 4.69) is 21.8 Å². The van der Waals surface area contributed by atoms with Gasteiger partial charge in [-0.3, -0.25) is 9.62 Å². The van der Waals surface area contributed by atoms with Crippen molar-refractivity contribution in [2.45, 2.75) is 37.1 Å². The fourth-order valence-electron chi connectivity index (χ4n) is 4.11. The molecule has 0 radical (unpaired) electrons. The number of hydrogen-bond acceptors (Lipinski definition) is 3. The molecule has 0 fully saturated rings. The lowest BCUT2D eigenvalue weighted by atomic mass is 9.95. The summed E-state index contributed by atoms with van der Waals surface area (Å²) >= 11 is 5.98. The minimum absolute atomic E-state index is 0.236. The largest absolute Gasteiger partial charge is 0.299 e. The average molecular weight is 461 g/mol. The van der Waals surface area contributed by atoms with Crippen molar-refractivity contribution in [1.82, 2.24) is 4.90 Å². The zero-order valence-electron chi connectivity index (χ0n) is 17.2. The summed E-state index contributed by atoms with van der Waals surface area (Å²) < 4.78 is 41.0. The smallest absolute Gasteiger partial charge is 0.261 e. The molecule has 0 amide bonds. The van der Waals surface area contributed by atoms with Crippen LogP contribution in [0.4, 0.5) is 10.1 Å². The van der Waals surface area contributed by atoms with Crippen LogP contribution in [0.15, 0.2) is 70.6 Å². The van der Waals surface area contributed by atoms with E-state index >= 15 is 0 Å². The van der Waals surface area contributed by atoms with Crippen LogP contribution in [0.25, 0.3) is 0 Å². The molecule has 0 saturated heterocycles. The lowest BCUT2D eigenvalue weighted by Crippen LogP contribution is -2.31. The molecule has 2 aromatic rings. The maximum absolute atomic E-state index is 13.1. The maximum Gasteiger partial charge on any atom is 0.261 e. The molecular weight excluding hydrogens is 435 g/mol. The monoisotopic (exact) mass is 460 g/mol. The Hall–Kier alpha value is -2.15. The molecule has 1 aliphatic heterocycles. The second-order valence-corrected chi connectivity index (χ2v) is 10.3. The quantitative estimate of drug-likeness (QED) is 0.596. The van der Waals surface area contributed by atoms with E-state index < -0.39 is 15.8 Å². The van der Waals surface area contributed by atoms with E-state index in [0.29, 0.717) is 11.6 Å². The minimum Gasteiger partial charge on any atom is -0.299 e. The predicted molar refractivity (Wildman–Crippen MR) is 123 cm³/mol. The van der Waals surface area contributed by atoms with Crippen molar-refractivity contribution in [3.63, 3.8) is 0 Å². The highest BCUT2D eigenvalue weighted by molar-refractivity contribution is 7.92. The van der Waals surface area contributed by atoms with E-state index in [1.165, 1.54) is 29.8 Å². The molecule has 1 aliphatic carbocycles. The van der Waals surface area contributed by atoms with Crippen molar-refractivity contribution in [2.24, 2.45) is 5.92 Å². The van der Waals surface area contributed by atoms with Gasteiger partial charge in [-0.2, -0.15) is 0 Å². The van der Waals surface area contributed by atoms with Crippen molar-refractivity contribution in [1.29, 1.82) is 0 Å². The van der Waals surface area contributed by atoms with Gasteiger partial charge in [-0.05, 0) is 91.7 Å². The third-order valence-corrected chi connectivity index (χ3v) is 7.53. The third kappa shape index (κ3) is 5.76. The number of halogens is 2. The van der Waals surface area contributed by atoms with Crippen molar-refractivity contribution in [3.05, 3.63) is 82.7 Å². The highest BCUT2D eigenvalue weighted by atomic mass is 35.5. The van der Waals surface area contributed by atoms with Gasteiger partial charge in [-0.15, -0.1) is 0 Å². The summed E-state index contributed by atoms with van der Waals surface area (Å²) in [5.74, 6) is 0.165.